The summed E-state index contributed by atoms with van der Waals surface area (Å²) in [6, 6.07) is 8.38. The lowest BCUT2D eigenvalue weighted by Gasteiger charge is -2.19. The Morgan fingerprint density at radius 1 is 1.17 bits per heavy atom. The molecule has 0 aliphatic rings. The molecule has 100 valence electrons. The van der Waals surface area contributed by atoms with E-state index >= 15 is 0 Å². The molecule has 1 aromatic rings. The average Bonchev–Trinajstić information content (AvgIpc) is 2.27. The van der Waals surface area contributed by atoms with Crippen molar-refractivity contribution in [2.45, 2.75) is 52.2 Å². The second-order valence-corrected chi connectivity index (χ2v) is 10.1. The van der Waals surface area contributed by atoms with E-state index in [2.05, 4.69) is 56.9 Å². The lowest BCUT2D eigenvalue weighted by molar-refractivity contribution is 0.557. The minimum atomic E-state index is -1.49. The van der Waals surface area contributed by atoms with Gasteiger partial charge in [-0.25, -0.2) is 0 Å². The van der Waals surface area contributed by atoms with Crippen LogP contribution in [0.4, 0.5) is 0 Å². The maximum atomic E-state index is 5.99. The van der Waals surface area contributed by atoms with Crippen molar-refractivity contribution in [1.29, 1.82) is 0 Å². The molecule has 0 saturated heterocycles. The van der Waals surface area contributed by atoms with Crippen LogP contribution in [-0.4, -0.2) is 8.32 Å². The first-order valence-electron chi connectivity index (χ1n) is 6.97. The second-order valence-electron chi connectivity index (χ2n) is 5.69. The van der Waals surface area contributed by atoms with Crippen LogP contribution >= 0.6 is 0 Å². The van der Waals surface area contributed by atoms with E-state index in [1.54, 1.807) is 0 Å². The topological polar surface area (TPSA) is 9.23 Å². The largest absolute Gasteiger partial charge is 0.544 e. The molecule has 0 amide bonds. The zero-order valence-electron chi connectivity index (χ0n) is 12.2. The van der Waals surface area contributed by atoms with E-state index < -0.39 is 8.32 Å². The van der Waals surface area contributed by atoms with Gasteiger partial charge in [0.15, 0.2) is 0 Å². The van der Waals surface area contributed by atoms with Gasteiger partial charge in [0.25, 0.3) is 0 Å². The minimum absolute atomic E-state index is 1.00. The first-order chi connectivity index (χ1) is 8.51. The fraction of sp³-hybridized carbons (Fsp3) is 0.500. The summed E-state index contributed by atoms with van der Waals surface area (Å²) in [5.74, 6) is 1.00. The molecule has 0 fully saturated rings. The molecule has 0 spiro atoms. The molecule has 1 rings (SSSR count). The van der Waals surface area contributed by atoms with Crippen LogP contribution in [0.25, 0.3) is 6.08 Å². The normalized spacial score (nSPS) is 12.0. The Kier molecular flexibility index (Phi) is 6.20. The molecule has 0 radical (unpaired) electrons. The van der Waals surface area contributed by atoms with E-state index in [1.807, 2.05) is 6.07 Å². The van der Waals surface area contributed by atoms with Gasteiger partial charge in [0.1, 0.15) is 5.75 Å². The van der Waals surface area contributed by atoms with E-state index in [1.165, 1.54) is 31.2 Å². The highest BCUT2D eigenvalue weighted by Gasteiger charge is 2.15. The van der Waals surface area contributed by atoms with Gasteiger partial charge in [-0.15, -0.1) is 0 Å². The minimum Gasteiger partial charge on any atom is -0.544 e. The van der Waals surface area contributed by atoms with Gasteiger partial charge in [-0.1, -0.05) is 44.1 Å². The third kappa shape index (κ3) is 6.65. The van der Waals surface area contributed by atoms with Crippen LogP contribution in [0.3, 0.4) is 0 Å². The fourth-order valence-corrected chi connectivity index (χ4v) is 2.60. The summed E-state index contributed by atoms with van der Waals surface area (Å²) in [5.41, 5.74) is 1.24. The van der Waals surface area contributed by atoms with Crippen molar-refractivity contribution in [3.63, 3.8) is 0 Å². The second kappa shape index (κ2) is 7.42. The van der Waals surface area contributed by atoms with Gasteiger partial charge >= 0.3 is 0 Å². The van der Waals surface area contributed by atoms with E-state index in [0.717, 1.165) is 5.75 Å². The molecule has 1 nitrogen and oxygen atoms in total. The molecule has 0 saturated carbocycles. The molecular weight excluding hydrogens is 236 g/mol. The number of unbranched alkanes of at least 4 members (excludes halogenated alkanes) is 3. The van der Waals surface area contributed by atoms with Crippen LogP contribution in [-0.2, 0) is 0 Å². The molecule has 0 unspecified atom stereocenters. The van der Waals surface area contributed by atoms with Gasteiger partial charge in [0.05, 0.1) is 0 Å². The molecule has 0 aromatic heterocycles. The number of hydrogen-bond acceptors (Lipinski definition) is 1. The predicted molar refractivity (Wildman–Crippen MR) is 83.6 cm³/mol. The number of hydrogen-bond donors (Lipinski definition) is 0. The van der Waals surface area contributed by atoms with Gasteiger partial charge in [0, 0.05) is 0 Å². The van der Waals surface area contributed by atoms with Gasteiger partial charge in [-0.05, 0) is 50.2 Å². The summed E-state index contributed by atoms with van der Waals surface area (Å²) in [6.07, 6.45) is 9.54. The Balaban J connectivity index is 2.54. The van der Waals surface area contributed by atoms with E-state index in [9.17, 15) is 0 Å². The third-order valence-electron chi connectivity index (χ3n) is 2.57. The first kappa shape index (κ1) is 15.0. The summed E-state index contributed by atoms with van der Waals surface area (Å²) in [5, 5.41) is 0. The van der Waals surface area contributed by atoms with Crippen LogP contribution < -0.4 is 4.43 Å². The number of rotatable bonds is 7. The summed E-state index contributed by atoms with van der Waals surface area (Å²) in [6.45, 7) is 8.86. The fourth-order valence-electron chi connectivity index (χ4n) is 1.77. The average molecular weight is 262 g/mol. The van der Waals surface area contributed by atoms with Gasteiger partial charge in [0.2, 0.25) is 8.32 Å². The Bertz CT molecular complexity index is 377. The lowest BCUT2D eigenvalue weighted by atomic mass is 10.1. The van der Waals surface area contributed by atoms with Crippen molar-refractivity contribution >= 4 is 14.4 Å². The monoisotopic (exact) mass is 262 g/mol. The summed E-state index contributed by atoms with van der Waals surface area (Å²) in [4.78, 5) is 0. The van der Waals surface area contributed by atoms with Crippen molar-refractivity contribution in [2.24, 2.45) is 0 Å². The Morgan fingerprint density at radius 2 is 1.94 bits per heavy atom. The summed E-state index contributed by atoms with van der Waals surface area (Å²) in [7, 11) is -1.49. The summed E-state index contributed by atoms with van der Waals surface area (Å²) >= 11 is 0. The van der Waals surface area contributed by atoms with Crippen molar-refractivity contribution in [1.82, 2.24) is 0 Å². The molecule has 0 aliphatic carbocycles. The van der Waals surface area contributed by atoms with Gasteiger partial charge < -0.3 is 4.43 Å². The lowest BCUT2D eigenvalue weighted by Crippen LogP contribution is -2.29. The van der Waals surface area contributed by atoms with Crippen molar-refractivity contribution in [3.8, 4) is 5.75 Å². The molecule has 0 bridgehead atoms. The van der Waals surface area contributed by atoms with Crippen LogP contribution in [0.2, 0.25) is 19.6 Å². The number of benzene rings is 1. The highest BCUT2D eigenvalue weighted by atomic mass is 28.4. The molecular formula is C16H26OSi. The first-order valence-corrected chi connectivity index (χ1v) is 10.4. The Hall–Kier alpha value is -1.02. The zero-order chi connectivity index (χ0) is 13.4. The van der Waals surface area contributed by atoms with Gasteiger partial charge in [-0.3, -0.25) is 0 Å². The standard InChI is InChI=1S/C16H26OSi/c1-5-6-7-8-9-11-15-12-10-13-16(14-15)17-18(2,3)4/h9-14H,5-8H2,1-4H3/b11-9+. The van der Waals surface area contributed by atoms with Crippen molar-refractivity contribution in [3.05, 3.63) is 35.9 Å². The Labute approximate surface area is 113 Å². The highest BCUT2D eigenvalue weighted by molar-refractivity contribution is 6.70. The molecule has 0 heterocycles. The maximum absolute atomic E-state index is 5.99. The molecule has 18 heavy (non-hydrogen) atoms. The Morgan fingerprint density at radius 3 is 2.61 bits per heavy atom. The SMILES string of the molecule is CCCCC/C=C/c1cccc(O[Si](C)(C)C)c1. The van der Waals surface area contributed by atoms with Crippen LogP contribution in [0, 0.1) is 0 Å². The van der Waals surface area contributed by atoms with Crippen molar-refractivity contribution in [2.75, 3.05) is 0 Å². The van der Waals surface area contributed by atoms with E-state index in [-0.39, 0.29) is 0 Å². The van der Waals surface area contributed by atoms with E-state index in [4.69, 9.17) is 4.43 Å². The summed E-state index contributed by atoms with van der Waals surface area (Å²) < 4.78 is 5.99. The number of allylic oxidation sites excluding steroid dienone is 1. The third-order valence-corrected chi connectivity index (χ3v) is 3.41. The van der Waals surface area contributed by atoms with E-state index in [0.29, 0.717) is 0 Å². The van der Waals surface area contributed by atoms with Crippen LogP contribution in [0.15, 0.2) is 30.3 Å². The van der Waals surface area contributed by atoms with Crippen LogP contribution in [0.1, 0.15) is 38.2 Å². The highest BCUT2D eigenvalue weighted by Crippen LogP contribution is 2.18. The maximum Gasteiger partial charge on any atom is 0.242 e. The molecule has 2 heteroatoms. The van der Waals surface area contributed by atoms with Crippen LogP contribution in [0.5, 0.6) is 5.75 Å². The molecule has 0 atom stereocenters. The smallest absolute Gasteiger partial charge is 0.242 e. The molecule has 1 aromatic carbocycles. The predicted octanol–water partition coefficient (Wildman–Crippen LogP) is 5.49. The molecule has 0 aliphatic heterocycles. The van der Waals surface area contributed by atoms with Gasteiger partial charge in [-0.2, -0.15) is 0 Å². The van der Waals surface area contributed by atoms with Crippen molar-refractivity contribution < 1.29 is 4.43 Å². The zero-order valence-corrected chi connectivity index (χ0v) is 13.2. The quantitative estimate of drug-likeness (QED) is 0.466. The molecule has 0 N–H and O–H groups in total.